The van der Waals surface area contributed by atoms with Crippen molar-refractivity contribution >= 4 is 47.5 Å². The second-order valence-corrected chi connectivity index (χ2v) is 7.80. The van der Waals surface area contributed by atoms with Gasteiger partial charge < -0.3 is 0 Å². The lowest BCUT2D eigenvalue weighted by Gasteiger charge is -2.06. The monoisotopic (exact) mass is 465 g/mol. The first-order valence-electron chi connectivity index (χ1n) is 9.70. The maximum absolute atomic E-state index is 12.8. The Morgan fingerprint density at radius 3 is 1.78 bits per heavy atom. The maximum Gasteiger partial charge on any atom is 0.280 e. The van der Waals surface area contributed by atoms with Crippen molar-refractivity contribution in [3.63, 3.8) is 0 Å². The van der Waals surface area contributed by atoms with Crippen molar-refractivity contribution in [3.05, 3.63) is 105 Å². The summed E-state index contributed by atoms with van der Waals surface area (Å²) in [6.45, 7) is 3.78. The summed E-state index contributed by atoms with van der Waals surface area (Å²) in [5.41, 5.74) is 9.43. The molecule has 0 fully saturated rings. The SMILES string of the molecule is Cc1ccc(C)c(C(=O)N=C(NN=Cc2ccc(Cl)cc2)NN=Cc2ccc(Cl)cc2)c1. The molecule has 32 heavy (non-hydrogen) atoms. The Morgan fingerprint density at radius 2 is 1.28 bits per heavy atom. The summed E-state index contributed by atoms with van der Waals surface area (Å²) in [6.07, 6.45) is 3.16. The molecule has 3 aromatic carbocycles. The van der Waals surface area contributed by atoms with Crippen molar-refractivity contribution in [2.45, 2.75) is 13.8 Å². The second-order valence-electron chi connectivity index (χ2n) is 6.93. The van der Waals surface area contributed by atoms with Crippen LogP contribution in [0.3, 0.4) is 0 Å². The van der Waals surface area contributed by atoms with Crippen LogP contribution in [-0.2, 0) is 0 Å². The normalized spacial score (nSPS) is 11.0. The van der Waals surface area contributed by atoms with Crippen molar-refractivity contribution in [1.82, 2.24) is 10.9 Å². The van der Waals surface area contributed by atoms with Gasteiger partial charge in [-0.15, -0.1) is 0 Å². The fourth-order valence-corrected chi connectivity index (χ4v) is 2.89. The van der Waals surface area contributed by atoms with Gasteiger partial charge in [0, 0.05) is 15.6 Å². The number of nitrogens with one attached hydrogen (secondary N) is 2. The fraction of sp³-hybridized carbons (Fsp3) is 0.0833. The molecular formula is C24H21Cl2N5O. The highest BCUT2D eigenvalue weighted by atomic mass is 35.5. The molecule has 0 aliphatic heterocycles. The zero-order valence-electron chi connectivity index (χ0n) is 17.5. The molecule has 8 heteroatoms. The molecule has 0 unspecified atom stereocenters. The summed E-state index contributed by atoms with van der Waals surface area (Å²) in [5.74, 6) is -0.337. The van der Waals surface area contributed by atoms with Gasteiger partial charge >= 0.3 is 0 Å². The van der Waals surface area contributed by atoms with E-state index in [0.717, 1.165) is 22.3 Å². The first kappa shape index (κ1) is 23.2. The number of rotatable bonds is 5. The molecule has 0 heterocycles. The lowest BCUT2D eigenvalue weighted by atomic mass is 10.1. The number of halogens is 2. The van der Waals surface area contributed by atoms with Crippen molar-refractivity contribution in [2.24, 2.45) is 15.2 Å². The van der Waals surface area contributed by atoms with Gasteiger partial charge in [-0.2, -0.15) is 15.2 Å². The molecule has 0 aliphatic carbocycles. The minimum absolute atomic E-state index is 0.0753. The fourth-order valence-electron chi connectivity index (χ4n) is 2.64. The van der Waals surface area contributed by atoms with Gasteiger partial charge in [0.05, 0.1) is 12.4 Å². The molecule has 0 saturated carbocycles. The quantitative estimate of drug-likeness (QED) is 0.302. The lowest BCUT2D eigenvalue weighted by Crippen LogP contribution is -2.32. The van der Waals surface area contributed by atoms with Crippen molar-refractivity contribution < 1.29 is 4.79 Å². The van der Waals surface area contributed by atoms with E-state index in [9.17, 15) is 4.79 Å². The van der Waals surface area contributed by atoms with E-state index in [1.54, 1.807) is 42.8 Å². The Hall–Kier alpha value is -3.48. The number of hydrogen-bond donors (Lipinski definition) is 2. The van der Waals surface area contributed by atoms with Gasteiger partial charge in [-0.3, -0.25) is 4.79 Å². The van der Waals surface area contributed by atoms with Crippen molar-refractivity contribution in [3.8, 4) is 0 Å². The van der Waals surface area contributed by atoms with Gasteiger partial charge in [0.25, 0.3) is 5.91 Å². The van der Waals surface area contributed by atoms with E-state index in [1.807, 2.05) is 50.2 Å². The molecule has 0 atom stereocenters. The number of nitrogens with zero attached hydrogens (tertiary/aromatic N) is 3. The highest BCUT2D eigenvalue weighted by molar-refractivity contribution is 6.30. The average Bonchev–Trinajstić information content (AvgIpc) is 2.78. The number of benzene rings is 3. The summed E-state index contributed by atoms with van der Waals surface area (Å²) in [6, 6.07) is 19.9. The smallest absolute Gasteiger partial charge is 0.267 e. The minimum Gasteiger partial charge on any atom is -0.267 e. The van der Waals surface area contributed by atoms with Crippen LogP contribution in [0.2, 0.25) is 10.0 Å². The van der Waals surface area contributed by atoms with Crippen molar-refractivity contribution in [2.75, 3.05) is 0 Å². The Kier molecular flexibility index (Phi) is 8.14. The van der Waals surface area contributed by atoms with Gasteiger partial charge in [-0.25, -0.2) is 10.9 Å². The summed E-state index contributed by atoms with van der Waals surface area (Å²) < 4.78 is 0. The van der Waals surface area contributed by atoms with Crippen LogP contribution < -0.4 is 10.9 Å². The van der Waals surface area contributed by atoms with Crippen LogP contribution in [-0.4, -0.2) is 24.3 Å². The van der Waals surface area contributed by atoms with Gasteiger partial charge in [-0.05, 0) is 60.9 Å². The minimum atomic E-state index is -0.412. The molecule has 2 N–H and O–H groups in total. The molecule has 0 radical (unpaired) electrons. The molecular weight excluding hydrogens is 445 g/mol. The largest absolute Gasteiger partial charge is 0.280 e. The van der Waals surface area contributed by atoms with Crippen LogP contribution in [0.4, 0.5) is 0 Å². The molecule has 6 nitrogen and oxygen atoms in total. The lowest BCUT2D eigenvalue weighted by molar-refractivity contribution is 0.100. The van der Waals surface area contributed by atoms with E-state index in [0.29, 0.717) is 15.6 Å². The molecule has 3 aromatic rings. The average molecular weight is 466 g/mol. The predicted octanol–water partition coefficient (Wildman–Crippen LogP) is 5.35. The van der Waals surface area contributed by atoms with Crippen LogP contribution >= 0.6 is 23.2 Å². The number of guanidine groups is 1. The van der Waals surface area contributed by atoms with Gasteiger partial charge in [0.1, 0.15) is 0 Å². The van der Waals surface area contributed by atoms with Gasteiger partial charge in [0.2, 0.25) is 5.96 Å². The Labute approximate surface area is 196 Å². The number of carbonyl (C=O) groups excluding carboxylic acids is 1. The molecule has 0 aliphatic rings. The topological polar surface area (TPSA) is 78.2 Å². The van der Waals surface area contributed by atoms with Crippen LogP contribution in [0.15, 0.2) is 81.9 Å². The summed E-state index contributed by atoms with van der Waals surface area (Å²) in [4.78, 5) is 16.9. The van der Waals surface area contributed by atoms with Gasteiger partial charge in [-0.1, -0.05) is 65.2 Å². The Balaban J connectivity index is 1.79. The van der Waals surface area contributed by atoms with Gasteiger partial charge in [0.15, 0.2) is 0 Å². The van der Waals surface area contributed by atoms with Crippen LogP contribution in [0, 0.1) is 13.8 Å². The summed E-state index contributed by atoms with van der Waals surface area (Å²) in [5, 5.41) is 9.55. The molecule has 3 rings (SSSR count). The third-order valence-corrected chi connectivity index (χ3v) is 4.85. The molecule has 0 aromatic heterocycles. The van der Waals surface area contributed by atoms with E-state index in [4.69, 9.17) is 23.2 Å². The zero-order valence-corrected chi connectivity index (χ0v) is 19.0. The maximum atomic E-state index is 12.8. The molecule has 0 spiro atoms. The van der Waals surface area contributed by atoms with E-state index in [-0.39, 0.29) is 5.96 Å². The van der Waals surface area contributed by atoms with Crippen LogP contribution in [0.5, 0.6) is 0 Å². The summed E-state index contributed by atoms with van der Waals surface area (Å²) in [7, 11) is 0. The van der Waals surface area contributed by atoms with E-state index in [1.165, 1.54) is 0 Å². The highest BCUT2D eigenvalue weighted by Crippen LogP contribution is 2.12. The highest BCUT2D eigenvalue weighted by Gasteiger charge is 2.10. The Bertz CT molecular complexity index is 1110. The first-order chi connectivity index (χ1) is 15.4. The molecule has 0 saturated heterocycles. The molecule has 0 bridgehead atoms. The summed E-state index contributed by atoms with van der Waals surface area (Å²) >= 11 is 11.8. The third-order valence-electron chi connectivity index (χ3n) is 4.34. The standard InChI is InChI=1S/C24H21Cl2N5O/c1-16-3-4-17(2)22(13-16)23(32)29-24(30-27-14-18-5-9-20(25)10-6-18)31-28-15-19-7-11-21(26)12-8-19/h3-15H,1-2H3,(H2,29,30,31,32). The van der Waals surface area contributed by atoms with Crippen LogP contribution in [0.1, 0.15) is 32.6 Å². The number of hydrazone groups is 2. The number of hydrogen-bond acceptors (Lipinski definition) is 3. The van der Waals surface area contributed by atoms with E-state index in [2.05, 4.69) is 26.0 Å². The van der Waals surface area contributed by atoms with E-state index < -0.39 is 5.91 Å². The predicted molar refractivity (Wildman–Crippen MR) is 132 cm³/mol. The first-order valence-corrected chi connectivity index (χ1v) is 10.5. The number of aliphatic imine (C=N–C) groups is 1. The van der Waals surface area contributed by atoms with E-state index >= 15 is 0 Å². The molecule has 1 amide bonds. The number of carbonyl (C=O) groups is 1. The molecule has 162 valence electrons. The third kappa shape index (κ3) is 7.04. The number of aryl methyl sites for hydroxylation is 2. The Morgan fingerprint density at radius 1 is 0.781 bits per heavy atom. The van der Waals surface area contributed by atoms with Crippen molar-refractivity contribution in [1.29, 1.82) is 0 Å². The number of amides is 1. The second kappa shape index (κ2) is 11.2. The van der Waals surface area contributed by atoms with Crippen LogP contribution in [0.25, 0.3) is 0 Å². The zero-order chi connectivity index (χ0) is 22.9.